The van der Waals surface area contributed by atoms with Crippen molar-refractivity contribution in [2.75, 3.05) is 79.3 Å². The molecule has 40 nitrogen and oxygen atoms in total. The second-order valence-corrected chi connectivity index (χ2v) is 40.7. The molecule has 11 fully saturated rings. The van der Waals surface area contributed by atoms with Crippen molar-refractivity contribution in [3.8, 4) is 0 Å². The first-order valence-electron chi connectivity index (χ1n) is 40.6. The van der Waals surface area contributed by atoms with Crippen LogP contribution >= 0.6 is 31.3 Å². The first-order valence-corrected chi connectivity index (χ1v) is 47.2. The standard InChI is InChI=1S/3C17H31B2O10P.C9H14BO6P.C9H17BO4/c2*1-8(2)5-24-13-11(26-16(18)12(13)20)7-25-30(21,22)28-14-10(6-23-9(3)4)27-17(19)15(14)29-30;1-8(2)5-25-14-11(28-16(18)12(14)20)7-26-30(22,23)29-15-10(6-24-9(3)4)27-17(19)13(15)21;1-4(2)13-3-5-6-7(8(10)14-5)16-9(15-6)17(11)12;1-5(2)4-13-8-6(3-11)14-9(10)7(8)12/h2*8-17,20-22H,5-7H2,1-4H3;8-17,20-21H,5-7H2,1-4H3,(H,22,23);4-9H,3H2,1-2H3;5-9,11-12H,3-4H2,1-2H3/p+1/t2*10-,11-,12+,13?,14?,15+,16-,17-;10-,11-,12+,13+,14?,15?,16-,17-;5-,6?,7+,8-,9?;6-,7+,8?,9-/m11111/s1. The summed E-state index contributed by atoms with van der Waals surface area (Å²) in [6, 6.07) is -8.52. The quantitative estimate of drug-likeness (QED) is 0.0234. The molecule has 0 aromatic heterocycles. The number of hydrogen-bond donors (Lipinski definition) is 12. The Bertz CT molecular complexity index is 3040. The van der Waals surface area contributed by atoms with E-state index < -0.39 is 232 Å². The van der Waals surface area contributed by atoms with Crippen LogP contribution in [0.25, 0.3) is 0 Å². The van der Waals surface area contributed by atoms with E-state index in [1.54, 1.807) is 13.8 Å². The van der Waals surface area contributed by atoms with Crippen LogP contribution in [0.1, 0.15) is 111 Å². The average molecular weight is 1810 g/mol. The van der Waals surface area contributed by atoms with Gasteiger partial charge in [0.2, 0.25) is 0 Å². The Morgan fingerprint density at radius 2 is 0.603 bits per heavy atom. The molecule has 684 valence electrons. The predicted octanol–water partition coefficient (Wildman–Crippen LogP) is -2.13. The van der Waals surface area contributed by atoms with Crippen LogP contribution in [0.4, 0.5) is 0 Å². The van der Waals surface area contributed by atoms with Crippen molar-refractivity contribution in [2.24, 2.45) is 23.7 Å². The number of hydrogen-bond acceptors (Lipinski definition) is 38. The van der Waals surface area contributed by atoms with Crippen LogP contribution in [0.2, 0.25) is 0 Å². The minimum absolute atomic E-state index is 0.00495. The van der Waals surface area contributed by atoms with Gasteiger partial charge in [0, 0.05) is 37.2 Å². The molecule has 12 N–H and O–H groups in total. The zero-order chi connectivity index (χ0) is 90.5. The van der Waals surface area contributed by atoms with Gasteiger partial charge in [-0.05, 0) is 44.1 Å². The van der Waals surface area contributed by atoms with Gasteiger partial charge in [-0.2, -0.15) is 4.89 Å². The zero-order valence-corrected chi connectivity index (χ0v) is 74.9. The number of phosphoric acid groups is 1. The number of aliphatic hydroxyl groups is 6. The Kier molecular flexibility index (Phi) is 42.2. The zero-order valence-electron chi connectivity index (χ0n) is 71.4. The second-order valence-electron chi connectivity index (χ2n) is 33.7. The van der Waals surface area contributed by atoms with E-state index in [0.717, 1.165) is 0 Å². The van der Waals surface area contributed by atoms with Crippen molar-refractivity contribution in [3.05, 3.63) is 0 Å². The summed E-state index contributed by atoms with van der Waals surface area (Å²) >= 11 is 0. The topological polar surface area (TPSA) is 517 Å². The number of ether oxygens (including phenoxy) is 18. The first kappa shape index (κ1) is 108. The molecule has 0 amide bonds. The maximum absolute atomic E-state index is 12.5. The molecule has 11 heterocycles. The van der Waals surface area contributed by atoms with Gasteiger partial charge in [-0.25, -0.2) is 4.57 Å². The van der Waals surface area contributed by atoms with E-state index in [0.29, 0.717) is 39.0 Å². The van der Waals surface area contributed by atoms with Crippen molar-refractivity contribution >= 4 is 94.1 Å². The molecule has 0 spiro atoms. The average Bonchev–Trinajstić information content (AvgIpc) is 1.58. The van der Waals surface area contributed by atoms with E-state index >= 15 is 0 Å². The number of phosphoric ester groups is 1. The van der Waals surface area contributed by atoms with Gasteiger partial charge in [-0.1, -0.05) is 27.7 Å². The Balaban J connectivity index is 0.000000214. The van der Waals surface area contributed by atoms with E-state index in [-0.39, 0.29) is 87.9 Å². The molecule has 52 heteroatoms. The van der Waals surface area contributed by atoms with Crippen molar-refractivity contribution < 1.29 is 191 Å². The fraction of sp³-hybridized carbons (Fsp3) is 1.00. The van der Waals surface area contributed by atoms with Crippen LogP contribution in [0.5, 0.6) is 0 Å². The summed E-state index contributed by atoms with van der Waals surface area (Å²) in [5.41, 5.74) is 0. The van der Waals surface area contributed by atoms with Gasteiger partial charge in [0.25, 0.3) is 0 Å². The SMILES string of the molecule is [B][C@@H]1O[C@H](CO)C(OCC(C)C)[C@@H]1O.[B][C@@H]1O[C@H](COC(C)C)C2OC([P+](=O)O)O[C@@H]21.[B][C@@H]1O[C@H](COP(=O)(O)OC2[C@@H](COC(C)C)O[C@@H]([B])[C@H]2O)C(OCC(C)C)[C@@H]1O.[B][C@@H]1O[C@H](COP2(O)(O)OC3[C@@H](COC(C)C)O[C@@H]([B])[C@H]3O2)C(OCC(C)C)[C@@H]1O.[B][C@@H]1O[C@H](COP2(O)(O)OC3[C@@H](COC(C)C)O[C@@H]([B])[C@H]3O2)C(OCC(C)C)[C@@H]1O. The number of fused-ring (bicyclic) bond motifs is 3. The van der Waals surface area contributed by atoms with Gasteiger partial charge in [0.05, 0.1) is 38.6 Å². The Morgan fingerprint density at radius 1 is 0.347 bits per heavy atom. The monoisotopic (exact) mass is 1810 g/mol. The van der Waals surface area contributed by atoms with E-state index in [9.17, 15) is 59.1 Å². The summed E-state index contributed by atoms with van der Waals surface area (Å²) < 4.78 is 164. The molecular weight excluding hydrogens is 1680 g/mol. The molecule has 35 atom stereocenters. The third kappa shape index (κ3) is 31.4. The van der Waals surface area contributed by atoms with Crippen LogP contribution in [0.15, 0.2) is 0 Å². The van der Waals surface area contributed by atoms with E-state index in [4.69, 9.17) is 194 Å². The van der Waals surface area contributed by atoms with Crippen molar-refractivity contribution in [3.63, 3.8) is 0 Å². The molecule has 0 saturated carbocycles. The predicted molar refractivity (Wildman–Crippen MR) is 433 cm³/mol. The Morgan fingerprint density at radius 3 is 0.917 bits per heavy atom. The van der Waals surface area contributed by atoms with E-state index in [1.807, 2.05) is 96.9 Å². The second kappa shape index (κ2) is 47.2. The van der Waals surface area contributed by atoms with Crippen LogP contribution in [0.3, 0.4) is 0 Å². The third-order valence-electron chi connectivity index (χ3n) is 19.5. The van der Waals surface area contributed by atoms with Crippen molar-refractivity contribution in [2.45, 2.75) is 336 Å². The number of rotatable bonds is 37. The van der Waals surface area contributed by atoms with Crippen molar-refractivity contribution in [1.82, 2.24) is 0 Å². The van der Waals surface area contributed by atoms with Crippen LogP contribution in [0, 0.1) is 23.7 Å². The van der Waals surface area contributed by atoms with Gasteiger partial charge in [-0.15, -0.1) is 0 Å². The van der Waals surface area contributed by atoms with E-state index in [2.05, 4.69) is 0 Å². The van der Waals surface area contributed by atoms with Gasteiger partial charge >= 0.3 is 380 Å². The molecule has 11 aliphatic rings. The molecule has 0 aliphatic carbocycles. The Hall–Kier alpha value is 0.189. The molecule has 16 radical (unpaired) electrons. The summed E-state index contributed by atoms with van der Waals surface area (Å²) in [6.45, 7) is 31.4. The van der Waals surface area contributed by atoms with Gasteiger partial charge in [-0.3, -0.25) is 9.05 Å². The molecule has 121 heavy (non-hydrogen) atoms. The molecule has 0 aromatic carbocycles. The summed E-state index contributed by atoms with van der Waals surface area (Å²) in [6.07, 6.45) is -20.1. The van der Waals surface area contributed by atoms with Crippen LogP contribution < -0.4 is 0 Å². The van der Waals surface area contributed by atoms with E-state index in [1.165, 1.54) is 0 Å². The van der Waals surface area contributed by atoms with Gasteiger partial charge in [0.15, 0.2) is 0 Å². The minimum atomic E-state index is -5.47. The maximum atomic E-state index is 12.5. The summed E-state index contributed by atoms with van der Waals surface area (Å²) in [5.74, 6) is 0.995. The van der Waals surface area contributed by atoms with Crippen molar-refractivity contribution in [1.29, 1.82) is 0 Å². The first-order chi connectivity index (χ1) is 56.2. The summed E-state index contributed by atoms with van der Waals surface area (Å²) in [4.78, 5) is 62.1. The molecule has 11 rings (SSSR count). The Labute approximate surface area is 720 Å². The molecule has 0 aromatic rings. The molecule has 11 unspecified atom stereocenters. The van der Waals surface area contributed by atoms with Gasteiger partial charge in [0.1, 0.15) is 105 Å². The summed E-state index contributed by atoms with van der Waals surface area (Å²) in [5, 5.41) is 59.3. The molecule has 0 bridgehead atoms. The number of aliphatic hydroxyl groups excluding tert-OH is 6. The van der Waals surface area contributed by atoms with Crippen LogP contribution in [-0.2, 0) is 131 Å². The normalized spacial score (nSPS) is 41.7. The molecule has 11 saturated heterocycles. The molecular formula is C69H125B8O40P4+. The third-order valence-corrected chi connectivity index (χ3v) is 24.6. The van der Waals surface area contributed by atoms with Crippen LogP contribution in [-0.4, -0.2) is 427 Å². The van der Waals surface area contributed by atoms with Gasteiger partial charge < -0.3 is 72.7 Å². The summed E-state index contributed by atoms with van der Waals surface area (Å²) in [7, 11) is 27.8. The fourth-order valence-electron chi connectivity index (χ4n) is 13.5. The fourth-order valence-corrected chi connectivity index (χ4v) is 18.7. The molecule has 11 aliphatic heterocycles.